The highest BCUT2D eigenvalue weighted by Gasteiger charge is 2.10. The number of rotatable bonds is 5. The molecule has 0 saturated heterocycles. The zero-order chi connectivity index (χ0) is 17.5. The lowest BCUT2D eigenvalue weighted by molar-refractivity contribution is -0.123. The summed E-state index contributed by atoms with van der Waals surface area (Å²) in [4.78, 5) is 23.6. The van der Waals surface area contributed by atoms with Crippen LogP contribution in [0.5, 0.6) is 5.75 Å². The van der Waals surface area contributed by atoms with Gasteiger partial charge in [-0.3, -0.25) is 20.4 Å². The van der Waals surface area contributed by atoms with Crippen LogP contribution in [0, 0.1) is 0 Å². The predicted octanol–water partition coefficient (Wildman–Crippen LogP) is 3.30. The van der Waals surface area contributed by atoms with Crippen molar-refractivity contribution in [3.05, 3.63) is 64.7 Å². The van der Waals surface area contributed by atoms with Gasteiger partial charge in [0.15, 0.2) is 6.61 Å². The normalized spacial score (nSPS) is 10.3. The van der Waals surface area contributed by atoms with Crippen LogP contribution in [0.1, 0.15) is 35.7 Å². The molecule has 0 unspecified atom stereocenters. The van der Waals surface area contributed by atoms with Crippen molar-refractivity contribution >= 4 is 23.4 Å². The van der Waals surface area contributed by atoms with Crippen LogP contribution in [0.4, 0.5) is 0 Å². The second kappa shape index (κ2) is 8.36. The van der Waals surface area contributed by atoms with E-state index in [0.717, 1.165) is 0 Å². The Hall–Kier alpha value is -2.53. The Kier molecular flexibility index (Phi) is 6.21. The van der Waals surface area contributed by atoms with Crippen molar-refractivity contribution in [2.24, 2.45) is 0 Å². The first-order chi connectivity index (χ1) is 11.5. The molecule has 0 fully saturated rings. The Labute approximate surface area is 145 Å². The third-order valence-corrected chi connectivity index (χ3v) is 3.68. The van der Waals surface area contributed by atoms with E-state index in [9.17, 15) is 9.59 Å². The second-order valence-corrected chi connectivity index (χ2v) is 5.90. The van der Waals surface area contributed by atoms with Crippen LogP contribution in [0.15, 0.2) is 48.5 Å². The molecule has 2 aromatic rings. The number of amides is 2. The molecule has 24 heavy (non-hydrogen) atoms. The molecule has 0 heterocycles. The highest BCUT2D eigenvalue weighted by molar-refractivity contribution is 6.33. The van der Waals surface area contributed by atoms with Crippen LogP contribution in [0.25, 0.3) is 0 Å². The Morgan fingerprint density at radius 3 is 2.33 bits per heavy atom. The highest BCUT2D eigenvalue weighted by atomic mass is 35.5. The van der Waals surface area contributed by atoms with Crippen molar-refractivity contribution in [3.8, 4) is 5.75 Å². The van der Waals surface area contributed by atoms with Crippen molar-refractivity contribution in [3.63, 3.8) is 0 Å². The zero-order valence-electron chi connectivity index (χ0n) is 13.5. The Morgan fingerprint density at radius 1 is 1.04 bits per heavy atom. The largest absolute Gasteiger partial charge is 0.484 e. The van der Waals surface area contributed by atoms with E-state index in [-0.39, 0.29) is 12.2 Å². The Bertz CT molecular complexity index is 714. The number of benzene rings is 2. The van der Waals surface area contributed by atoms with Crippen LogP contribution in [-0.4, -0.2) is 18.4 Å². The van der Waals surface area contributed by atoms with E-state index in [1.807, 2.05) is 24.3 Å². The van der Waals surface area contributed by atoms with E-state index in [1.165, 1.54) is 5.56 Å². The lowest BCUT2D eigenvalue weighted by Gasteiger charge is -2.10. The van der Waals surface area contributed by atoms with Gasteiger partial charge in [0.2, 0.25) is 0 Å². The number of hydrazine groups is 1. The molecule has 0 aliphatic heterocycles. The summed E-state index contributed by atoms with van der Waals surface area (Å²) >= 11 is 5.91. The van der Waals surface area contributed by atoms with Gasteiger partial charge in [0.1, 0.15) is 5.75 Å². The molecule has 2 N–H and O–H groups in total. The number of hydrogen-bond acceptors (Lipinski definition) is 3. The van der Waals surface area contributed by atoms with Gasteiger partial charge in [-0.05, 0) is 35.7 Å². The maximum atomic E-state index is 11.9. The van der Waals surface area contributed by atoms with Gasteiger partial charge in [0, 0.05) is 0 Å². The van der Waals surface area contributed by atoms with E-state index in [4.69, 9.17) is 16.3 Å². The number of carbonyl (C=O) groups is 2. The molecule has 2 amide bonds. The molecule has 0 aromatic heterocycles. The maximum absolute atomic E-state index is 11.9. The number of halogens is 1. The summed E-state index contributed by atoms with van der Waals surface area (Å²) in [5.41, 5.74) is 6.06. The molecule has 2 aromatic carbocycles. The quantitative estimate of drug-likeness (QED) is 0.816. The lowest BCUT2D eigenvalue weighted by atomic mass is 10.0. The average Bonchev–Trinajstić information content (AvgIpc) is 2.58. The number of ether oxygens (including phenoxy) is 1. The molecule has 5 nitrogen and oxygen atoms in total. The first-order valence-electron chi connectivity index (χ1n) is 7.54. The molecule has 6 heteroatoms. The summed E-state index contributed by atoms with van der Waals surface area (Å²) in [5.74, 6) is 0.0629. The second-order valence-electron chi connectivity index (χ2n) is 5.49. The van der Waals surface area contributed by atoms with Crippen LogP contribution in [0.2, 0.25) is 5.02 Å². The van der Waals surface area contributed by atoms with Crippen molar-refractivity contribution < 1.29 is 14.3 Å². The predicted molar refractivity (Wildman–Crippen MR) is 93.1 cm³/mol. The van der Waals surface area contributed by atoms with E-state index in [1.54, 1.807) is 24.3 Å². The Balaban J connectivity index is 1.79. The molecule has 0 radical (unpaired) electrons. The molecule has 0 aliphatic rings. The summed E-state index contributed by atoms with van der Waals surface area (Å²) < 4.78 is 5.37. The standard InChI is InChI=1S/C18H19ClN2O3/c1-12(2)13-7-9-14(10-8-13)24-11-17(22)20-21-18(23)15-5-3-4-6-16(15)19/h3-10,12H,11H2,1-2H3,(H,20,22)(H,21,23). The van der Waals surface area contributed by atoms with Crippen molar-refractivity contribution in [2.45, 2.75) is 19.8 Å². The summed E-state index contributed by atoms with van der Waals surface area (Å²) in [6, 6.07) is 14.1. The minimum atomic E-state index is -0.491. The maximum Gasteiger partial charge on any atom is 0.276 e. The van der Waals surface area contributed by atoms with Crippen molar-refractivity contribution in [1.29, 1.82) is 0 Å². The van der Waals surface area contributed by atoms with Gasteiger partial charge in [-0.15, -0.1) is 0 Å². The molecular formula is C18H19ClN2O3. The van der Waals surface area contributed by atoms with E-state index >= 15 is 0 Å². The fourth-order valence-corrected chi connectivity index (χ4v) is 2.19. The van der Waals surface area contributed by atoms with Gasteiger partial charge in [-0.1, -0.05) is 49.7 Å². The van der Waals surface area contributed by atoms with Crippen molar-refractivity contribution in [1.82, 2.24) is 10.9 Å². The van der Waals surface area contributed by atoms with Gasteiger partial charge in [-0.2, -0.15) is 0 Å². The number of hydrogen-bond donors (Lipinski definition) is 2. The van der Waals surface area contributed by atoms with Crippen LogP contribution in [0.3, 0.4) is 0 Å². The smallest absolute Gasteiger partial charge is 0.276 e. The van der Waals surface area contributed by atoms with E-state index in [0.29, 0.717) is 16.7 Å². The van der Waals surface area contributed by atoms with Gasteiger partial charge in [0.05, 0.1) is 10.6 Å². The Morgan fingerprint density at radius 2 is 1.71 bits per heavy atom. The first kappa shape index (κ1) is 17.8. The highest BCUT2D eigenvalue weighted by Crippen LogP contribution is 2.18. The molecule has 0 atom stereocenters. The molecule has 0 spiro atoms. The molecule has 126 valence electrons. The minimum Gasteiger partial charge on any atom is -0.484 e. The minimum absolute atomic E-state index is 0.205. The number of carbonyl (C=O) groups excluding carboxylic acids is 2. The summed E-state index contributed by atoms with van der Waals surface area (Å²) in [6.45, 7) is 4.00. The third kappa shape index (κ3) is 4.99. The molecule has 2 rings (SSSR count). The SMILES string of the molecule is CC(C)c1ccc(OCC(=O)NNC(=O)c2ccccc2Cl)cc1. The average molecular weight is 347 g/mol. The molecule has 0 aliphatic carbocycles. The fraction of sp³-hybridized carbons (Fsp3) is 0.222. The van der Waals surface area contributed by atoms with Gasteiger partial charge in [-0.25, -0.2) is 0 Å². The van der Waals surface area contributed by atoms with Crippen LogP contribution in [-0.2, 0) is 4.79 Å². The zero-order valence-corrected chi connectivity index (χ0v) is 14.3. The van der Waals surface area contributed by atoms with Crippen molar-refractivity contribution in [2.75, 3.05) is 6.61 Å². The monoisotopic (exact) mass is 346 g/mol. The molecular weight excluding hydrogens is 328 g/mol. The molecule has 0 saturated carbocycles. The van der Waals surface area contributed by atoms with E-state index < -0.39 is 11.8 Å². The van der Waals surface area contributed by atoms with Crippen LogP contribution >= 0.6 is 11.6 Å². The first-order valence-corrected chi connectivity index (χ1v) is 7.91. The summed E-state index contributed by atoms with van der Waals surface area (Å²) in [5, 5.41) is 0.311. The topological polar surface area (TPSA) is 67.4 Å². The van der Waals surface area contributed by atoms with E-state index in [2.05, 4.69) is 24.7 Å². The lowest BCUT2D eigenvalue weighted by Crippen LogP contribution is -2.43. The van der Waals surface area contributed by atoms with Gasteiger partial charge >= 0.3 is 0 Å². The van der Waals surface area contributed by atoms with Crippen LogP contribution < -0.4 is 15.6 Å². The molecule has 0 bridgehead atoms. The number of nitrogens with one attached hydrogen (secondary N) is 2. The van der Waals surface area contributed by atoms with Gasteiger partial charge < -0.3 is 4.74 Å². The summed E-state index contributed by atoms with van der Waals surface area (Å²) in [7, 11) is 0. The fourth-order valence-electron chi connectivity index (χ4n) is 1.97. The third-order valence-electron chi connectivity index (χ3n) is 3.35. The van der Waals surface area contributed by atoms with Gasteiger partial charge in [0.25, 0.3) is 11.8 Å². The summed E-state index contributed by atoms with van der Waals surface area (Å²) in [6.07, 6.45) is 0.